The van der Waals surface area contributed by atoms with E-state index >= 15 is 0 Å². The summed E-state index contributed by atoms with van der Waals surface area (Å²) in [5.41, 5.74) is 0.489. The number of aromatic nitrogens is 1. The molecule has 0 saturated heterocycles. The Balaban J connectivity index is 1.65. The van der Waals surface area contributed by atoms with Crippen molar-refractivity contribution in [1.29, 1.82) is 0 Å². The molecule has 1 aromatic heterocycles. The van der Waals surface area contributed by atoms with Crippen LogP contribution in [0.15, 0.2) is 60.8 Å². The standard InChI is InChI=1S/C18H13F3N2OS/c19-18(20,21)14-8-6-13(7-9-14)16(24)23-17-22-11-15(25-17)10-12-4-2-1-3-5-12/h1-9,11H,10H2,(H,22,23,24). The Bertz CT molecular complexity index is 858. The largest absolute Gasteiger partial charge is 0.416 e. The van der Waals surface area contributed by atoms with E-state index in [1.54, 1.807) is 6.20 Å². The molecule has 128 valence electrons. The third-order valence-electron chi connectivity index (χ3n) is 3.47. The Morgan fingerprint density at radius 3 is 2.36 bits per heavy atom. The average molecular weight is 362 g/mol. The summed E-state index contributed by atoms with van der Waals surface area (Å²) in [7, 11) is 0. The highest BCUT2D eigenvalue weighted by molar-refractivity contribution is 7.15. The molecule has 0 spiro atoms. The van der Waals surface area contributed by atoms with Crippen molar-refractivity contribution >= 4 is 22.4 Å². The lowest BCUT2D eigenvalue weighted by molar-refractivity contribution is -0.137. The molecule has 1 N–H and O–H groups in total. The van der Waals surface area contributed by atoms with Crippen molar-refractivity contribution in [2.24, 2.45) is 0 Å². The first kappa shape index (κ1) is 17.2. The number of carbonyl (C=O) groups is 1. The molecule has 0 bridgehead atoms. The number of halogens is 3. The van der Waals surface area contributed by atoms with Gasteiger partial charge in [0.1, 0.15) is 0 Å². The normalized spacial score (nSPS) is 11.3. The fourth-order valence-electron chi connectivity index (χ4n) is 2.22. The highest BCUT2D eigenvalue weighted by Crippen LogP contribution is 2.29. The number of nitrogens with zero attached hydrogens (tertiary/aromatic N) is 1. The van der Waals surface area contributed by atoms with Gasteiger partial charge in [-0.15, -0.1) is 11.3 Å². The van der Waals surface area contributed by atoms with Crippen molar-refractivity contribution in [3.63, 3.8) is 0 Å². The van der Waals surface area contributed by atoms with Gasteiger partial charge in [0.25, 0.3) is 5.91 Å². The number of nitrogens with one attached hydrogen (secondary N) is 1. The molecule has 3 aromatic rings. The van der Waals surface area contributed by atoms with Crippen molar-refractivity contribution < 1.29 is 18.0 Å². The topological polar surface area (TPSA) is 42.0 Å². The average Bonchev–Trinajstić information content (AvgIpc) is 3.02. The van der Waals surface area contributed by atoms with E-state index < -0.39 is 17.6 Å². The fraction of sp³-hybridized carbons (Fsp3) is 0.111. The second-order valence-electron chi connectivity index (χ2n) is 5.32. The van der Waals surface area contributed by atoms with Gasteiger partial charge in [-0.3, -0.25) is 10.1 Å². The molecule has 0 aliphatic rings. The summed E-state index contributed by atoms with van der Waals surface area (Å²) in [5.74, 6) is -0.491. The van der Waals surface area contributed by atoms with Crippen LogP contribution in [0.5, 0.6) is 0 Å². The van der Waals surface area contributed by atoms with E-state index in [9.17, 15) is 18.0 Å². The number of anilines is 1. The van der Waals surface area contributed by atoms with Gasteiger partial charge in [0.15, 0.2) is 5.13 Å². The molecule has 25 heavy (non-hydrogen) atoms. The Hall–Kier alpha value is -2.67. The summed E-state index contributed by atoms with van der Waals surface area (Å²) in [6.45, 7) is 0. The van der Waals surface area contributed by atoms with Gasteiger partial charge >= 0.3 is 6.18 Å². The van der Waals surface area contributed by atoms with E-state index in [0.29, 0.717) is 11.6 Å². The molecule has 0 atom stereocenters. The summed E-state index contributed by atoms with van der Waals surface area (Å²) < 4.78 is 37.6. The van der Waals surface area contributed by atoms with Gasteiger partial charge in [-0.05, 0) is 29.8 Å². The number of alkyl halides is 3. The minimum Gasteiger partial charge on any atom is -0.298 e. The van der Waals surface area contributed by atoms with Crippen LogP contribution in [-0.4, -0.2) is 10.9 Å². The molecule has 1 heterocycles. The van der Waals surface area contributed by atoms with Crippen LogP contribution in [-0.2, 0) is 12.6 Å². The summed E-state index contributed by atoms with van der Waals surface area (Å²) in [4.78, 5) is 17.2. The molecule has 0 fully saturated rings. The highest BCUT2D eigenvalue weighted by Gasteiger charge is 2.30. The molecule has 3 rings (SSSR count). The Labute approximate surface area is 146 Å². The second-order valence-corrected chi connectivity index (χ2v) is 6.44. The van der Waals surface area contributed by atoms with Gasteiger partial charge < -0.3 is 0 Å². The van der Waals surface area contributed by atoms with Crippen molar-refractivity contribution in [3.8, 4) is 0 Å². The lowest BCUT2D eigenvalue weighted by Crippen LogP contribution is -2.12. The minimum atomic E-state index is -4.42. The number of carbonyl (C=O) groups excluding carboxylic acids is 1. The van der Waals surface area contributed by atoms with Crippen LogP contribution >= 0.6 is 11.3 Å². The molecular formula is C18H13F3N2OS. The number of thiazole rings is 1. The molecule has 0 saturated carbocycles. The number of amides is 1. The first-order valence-corrected chi connectivity index (χ1v) is 8.21. The fourth-order valence-corrected chi connectivity index (χ4v) is 3.07. The minimum absolute atomic E-state index is 0.146. The van der Waals surface area contributed by atoms with Crippen LogP contribution in [0.1, 0.15) is 26.4 Å². The quantitative estimate of drug-likeness (QED) is 0.709. The van der Waals surface area contributed by atoms with Gasteiger partial charge in [-0.1, -0.05) is 30.3 Å². The molecular weight excluding hydrogens is 349 g/mol. The first-order valence-electron chi connectivity index (χ1n) is 7.39. The zero-order valence-corrected chi connectivity index (χ0v) is 13.7. The smallest absolute Gasteiger partial charge is 0.298 e. The van der Waals surface area contributed by atoms with Crippen molar-refractivity contribution in [2.75, 3.05) is 5.32 Å². The maximum absolute atomic E-state index is 12.5. The third-order valence-corrected chi connectivity index (χ3v) is 4.38. The molecule has 0 unspecified atom stereocenters. The predicted molar refractivity (Wildman–Crippen MR) is 90.8 cm³/mol. The molecule has 0 aliphatic carbocycles. The number of hydrogen-bond donors (Lipinski definition) is 1. The van der Waals surface area contributed by atoms with Crippen LogP contribution in [0.2, 0.25) is 0 Å². The maximum atomic E-state index is 12.5. The van der Waals surface area contributed by atoms with Crippen LogP contribution in [0.3, 0.4) is 0 Å². The summed E-state index contributed by atoms with van der Waals surface area (Å²) in [6, 6.07) is 13.9. The third kappa shape index (κ3) is 4.45. The second kappa shape index (κ2) is 7.06. The lowest BCUT2D eigenvalue weighted by Gasteiger charge is -2.07. The molecule has 1 amide bonds. The van der Waals surface area contributed by atoms with E-state index in [-0.39, 0.29) is 5.56 Å². The van der Waals surface area contributed by atoms with Gasteiger partial charge in [0, 0.05) is 23.1 Å². The van der Waals surface area contributed by atoms with Gasteiger partial charge in [-0.25, -0.2) is 4.98 Å². The van der Waals surface area contributed by atoms with Gasteiger partial charge in [-0.2, -0.15) is 13.2 Å². The van der Waals surface area contributed by atoms with Crippen molar-refractivity contribution in [2.45, 2.75) is 12.6 Å². The lowest BCUT2D eigenvalue weighted by atomic mass is 10.1. The molecule has 0 radical (unpaired) electrons. The zero-order valence-electron chi connectivity index (χ0n) is 12.9. The Morgan fingerprint density at radius 1 is 1.04 bits per heavy atom. The van der Waals surface area contributed by atoms with Crippen LogP contribution in [0.25, 0.3) is 0 Å². The van der Waals surface area contributed by atoms with E-state index in [4.69, 9.17) is 0 Å². The van der Waals surface area contributed by atoms with Gasteiger partial charge in [0.2, 0.25) is 0 Å². The Kier molecular flexibility index (Phi) is 4.85. The maximum Gasteiger partial charge on any atom is 0.416 e. The number of rotatable bonds is 4. The van der Waals surface area contributed by atoms with Crippen molar-refractivity contribution in [1.82, 2.24) is 4.98 Å². The molecule has 3 nitrogen and oxygen atoms in total. The summed E-state index contributed by atoms with van der Waals surface area (Å²) in [5, 5.41) is 3.02. The highest BCUT2D eigenvalue weighted by atomic mass is 32.1. The van der Waals surface area contributed by atoms with E-state index in [1.165, 1.54) is 11.3 Å². The van der Waals surface area contributed by atoms with Crippen LogP contribution in [0.4, 0.5) is 18.3 Å². The molecule has 0 aliphatic heterocycles. The van der Waals surface area contributed by atoms with Gasteiger partial charge in [0.05, 0.1) is 5.56 Å². The van der Waals surface area contributed by atoms with Crippen LogP contribution < -0.4 is 5.32 Å². The van der Waals surface area contributed by atoms with Crippen LogP contribution in [0, 0.1) is 0 Å². The molecule has 2 aromatic carbocycles. The van der Waals surface area contributed by atoms with Crippen molar-refractivity contribution in [3.05, 3.63) is 82.4 Å². The molecule has 7 heteroatoms. The van der Waals surface area contributed by atoms with E-state index in [1.807, 2.05) is 30.3 Å². The summed E-state index contributed by atoms with van der Waals surface area (Å²) in [6.07, 6.45) is -2.04. The van der Waals surface area contributed by atoms with E-state index in [2.05, 4.69) is 10.3 Å². The summed E-state index contributed by atoms with van der Waals surface area (Å²) >= 11 is 1.34. The number of benzene rings is 2. The van der Waals surface area contributed by atoms with E-state index in [0.717, 1.165) is 34.7 Å². The number of hydrogen-bond acceptors (Lipinski definition) is 3. The Morgan fingerprint density at radius 2 is 1.72 bits per heavy atom. The first-order chi connectivity index (χ1) is 11.9. The monoisotopic (exact) mass is 362 g/mol. The predicted octanol–water partition coefficient (Wildman–Crippen LogP) is 5.01. The SMILES string of the molecule is O=C(Nc1ncc(Cc2ccccc2)s1)c1ccc(C(F)(F)F)cc1. The zero-order chi connectivity index (χ0) is 17.9.